The first-order valence-corrected chi connectivity index (χ1v) is 7.34. The molecular weight excluding hydrogens is 316 g/mol. The van der Waals surface area contributed by atoms with Crippen LogP contribution in [0, 0.1) is 0 Å². The molecule has 2 N–H and O–H groups in total. The summed E-state index contributed by atoms with van der Waals surface area (Å²) >= 11 is 5.87. The summed E-state index contributed by atoms with van der Waals surface area (Å²) in [6.45, 7) is 0. The van der Waals surface area contributed by atoms with E-state index < -0.39 is 0 Å². The molecule has 1 aliphatic heterocycles. The zero-order valence-electron chi connectivity index (χ0n) is 12.0. The fourth-order valence-electron chi connectivity index (χ4n) is 2.21. The van der Waals surface area contributed by atoms with Crippen LogP contribution in [-0.4, -0.2) is 22.8 Å². The maximum atomic E-state index is 12.1. The van der Waals surface area contributed by atoms with Crippen molar-refractivity contribution in [3.63, 3.8) is 0 Å². The monoisotopic (exact) mass is 328 g/mol. The summed E-state index contributed by atoms with van der Waals surface area (Å²) in [5.74, 6) is -0.453. The first-order chi connectivity index (χ1) is 11.1. The zero-order chi connectivity index (χ0) is 16.2. The van der Waals surface area contributed by atoms with Gasteiger partial charge in [-0.3, -0.25) is 25.2 Å². The number of aromatic nitrogens is 1. The van der Waals surface area contributed by atoms with Gasteiger partial charge in [-0.15, -0.1) is 0 Å². The molecule has 3 rings (SSSR count). The molecule has 0 spiro atoms. The van der Waals surface area contributed by atoms with Crippen LogP contribution < -0.4 is 10.6 Å². The van der Waals surface area contributed by atoms with E-state index in [1.54, 1.807) is 30.5 Å². The van der Waals surface area contributed by atoms with Crippen LogP contribution in [0.5, 0.6) is 0 Å². The minimum atomic E-state index is -0.381. The Morgan fingerprint density at radius 2 is 2.04 bits per heavy atom. The van der Waals surface area contributed by atoms with E-state index in [0.29, 0.717) is 10.6 Å². The number of carbonyl (C=O) groups excluding carboxylic acids is 2. The lowest BCUT2D eigenvalue weighted by Crippen LogP contribution is -2.47. The molecule has 6 nitrogen and oxygen atoms in total. The third-order valence-electron chi connectivity index (χ3n) is 3.33. The van der Waals surface area contributed by atoms with Crippen LogP contribution in [0.1, 0.15) is 28.4 Å². The van der Waals surface area contributed by atoms with E-state index in [1.165, 1.54) is 6.20 Å². The number of nitrogens with zero attached hydrogens (tertiary/aromatic N) is 2. The average molecular weight is 329 g/mol. The summed E-state index contributed by atoms with van der Waals surface area (Å²) in [6.07, 6.45) is 3.23. The molecular formula is C16H13ClN4O2. The van der Waals surface area contributed by atoms with E-state index in [1.807, 2.05) is 12.1 Å². The van der Waals surface area contributed by atoms with Gasteiger partial charge in [-0.25, -0.2) is 4.99 Å². The smallest absolute Gasteiger partial charge is 0.259 e. The normalized spacial score (nSPS) is 17.2. The van der Waals surface area contributed by atoms with Crippen LogP contribution in [0.25, 0.3) is 0 Å². The Labute approximate surface area is 137 Å². The van der Waals surface area contributed by atoms with E-state index in [-0.39, 0.29) is 30.2 Å². The van der Waals surface area contributed by atoms with E-state index in [9.17, 15) is 9.59 Å². The van der Waals surface area contributed by atoms with Gasteiger partial charge in [-0.2, -0.15) is 0 Å². The summed E-state index contributed by atoms with van der Waals surface area (Å²) in [4.78, 5) is 32.2. The number of rotatable bonds is 2. The molecule has 0 bridgehead atoms. The fourth-order valence-corrected chi connectivity index (χ4v) is 2.34. The Bertz CT molecular complexity index is 759. The van der Waals surface area contributed by atoms with Crippen molar-refractivity contribution in [1.82, 2.24) is 15.6 Å². The molecule has 1 aromatic heterocycles. The van der Waals surface area contributed by atoms with Gasteiger partial charge in [0.15, 0.2) is 0 Å². The van der Waals surface area contributed by atoms with Gasteiger partial charge in [0, 0.05) is 17.4 Å². The molecule has 23 heavy (non-hydrogen) atoms. The summed E-state index contributed by atoms with van der Waals surface area (Å²) < 4.78 is 0. The van der Waals surface area contributed by atoms with Crippen LogP contribution in [0.4, 0.5) is 0 Å². The maximum absolute atomic E-state index is 12.1. The molecule has 0 saturated carbocycles. The highest BCUT2D eigenvalue weighted by molar-refractivity contribution is 6.30. The number of hydrogen-bond donors (Lipinski definition) is 2. The van der Waals surface area contributed by atoms with Crippen molar-refractivity contribution in [3.05, 3.63) is 64.9 Å². The van der Waals surface area contributed by atoms with Gasteiger partial charge in [0.2, 0.25) is 11.9 Å². The Balaban J connectivity index is 1.79. The number of hydrogen-bond acceptors (Lipinski definition) is 4. The van der Waals surface area contributed by atoms with Crippen LogP contribution in [0.15, 0.2) is 53.8 Å². The number of nitrogens with one attached hydrogen (secondary N) is 2. The third kappa shape index (κ3) is 3.73. The van der Waals surface area contributed by atoms with Gasteiger partial charge >= 0.3 is 0 Å². The molecule has 7 heteroatoms. The maximum Gasteiger partial charge on any atom is 0.259 e. The highest BCUT2D eigenvalue weighted by Crippen LogP contribution is 2.24. The Kier molecular flexibility index (Phi) is 4.34. The second-order valence-electron chi connectivity index (χ2n) is 4.99. The Morgan fingerprint density at radius 3 is 2.74 bits per heavy atom. The van der Waals surface area contributed by atoms with Crippen molar-refractivity contribution in [3.8, 4) is 0 Å². The largest absolute Gasteiger partial charge is 0.296 e. The van der Waals surface area contributed by atoms with Crippen LogP contribution >= 0.6 is 11.6 Å². The minimum absolute atomic E-state index is 0.134. The highest BCUT2D eigenvalue weighted by Gasteiger charge is 2.23. The predicted molar refractivity (Wildman–Crippen MR) is 86.1 cm³/mol. The lowest BCUT2D eigenvalue weighted by Gasteiger charge is -2.21. The van der Waals surface area contributed by atoms with Crippen molar-refractivity contribution in [2.75, 3.05) is 0 Å². The quantitative estimate of drug-likeness (QED) is 0.885. The van der Waals surface area contributed by atoms with Gasteiger partial charge in [0.1, 0.15) is 0 Å². The minimum Gasteiger partial charge on any atom is -0.296 e. The lowest BCUT2D eigenvalue weighted by atomic mass is 10.0. The van der Waals surface area contributed by atoms with Crippen molar-refractivity contribution in [1.29, 1.82) is 0 Å². The molecule has 1 aromatic carbocycles. The summed E-state index contributed by atoms with van der Waals surface area (Å²) in [5, 5.41) is 5.76. The Hall–Kier alpha value is -2.73. The molecule has 1 atom stereocenters. The lowest BCUT2D eigenvalue weighted by molar-refractivity contribution is -0.120. The molecule has 1 unspecified atom stereocenters. The topological polar surface area (TPSA) is 83.5 Å². The van der Waals surface area contributed by atoms with E-state index in [0.717, 1.165) is 5.56 Å². The van der Waals surface area contributed by atoms with E-state index in [4.69, 9.17) is 11.6 Å². The average Bonchev–Trinajstić information content (AvgIpc) is 2.56. The van der Waals surface area contributed by atoms with Gasteiger partial charge in [-0.05, 0) is 29.8 Å². The summed E-state index contributed by atoms with van der Waals surface area (Å²) in [7, 11) is 0. The third-order valence-corrected chi connectivity index (χ3v) is 3.58. The number of pyridine rings is 1. The molecule has 0 radical (unpaired) electrons. The SMILES string of the molecule is O=C1CC(c2ccc(Cl)cc2)N=C(NC(=O)c2cccnc2)N1. The molecule has 0 saturated heterocycles. The highest BCUT2D eigenvalue weighted by atomic mass is 35.5. The van der Waals surface area contributed by atoms with E-state index >= 15 is 0 Å². The Morgan fingerprint density at radius 1 is 1.26 bits per heavy atom. The zero-order valence-corrected chi connectivity index (χ0v) is 12.7. The number of carbonyl (C=O) groups is 2. The molecule has 2 amide bonds. The van der Waals surface area contributed by atoms with Gasteiger partial charge in [0.25, 0.3) is 5.91 Å². The number of aliphatic imine (C=N–C) groups is 1. The van der Waals surface area contributed by atoms with Crippen molar-refractivity contribution < 1.29 is 9.59 Å². The van der Waals surface area contributed by atoms with Crippen molar-refractivity contribution in [2.24, 2.45) is 4.99 Å². The molecule has 2 heterocycles. The van der Waals surface area contributed by atoms with Gasteiger partial charge in [0.05, 0.1) is 18.0 Å². The van der Waals surface area contributed by atoms with E-state index in [2.05, 4.69) is 20.6 Å². The first-order valence-electron chi connectivity index (χ1n) is 6.96. The standard InChI is InChI=1S/C16H13ClN4O2/c17-12-5-3-10(4-6-12)13-8-14(22)20-16(19-13)21-15(23)11-2-1-7-18-9-11/h1-7,9,13H,8H2,(H2,19,20,21,22,23). The number of benzene rings is 1. The predicted octanol–water partition coefficient (Wildman–Crippen LogP) is 2.08. The van der Waals surface area contributed by atoms with Crippen molar-refractivity contribution >= 4 is 29.4 Å². The number of halogens is 1. The van der Waals surface area contributed by atoms with Crippen LogP contribution in [-0.2, 0) is 4.79 Å². The second kappa shape index (κ2) is 6.58. The van der Waals surface area contributed by atoms with Gasteiger partial charge < -0.3 is 0 Å². The van der Waals surface area contributed by atoms with Crippen LogP contribution in [0.2, 0.25) is 5.02 Å². The van der Waals surface area contributed by atoms with Gasteiger partial charge in [-0.1, -0.05) is 23.7 Å². The molecule has 0 fully saturated rings. The van der Waals surface area contributed by atoms with Crippen molar-refractivity contribution in [2.45, 2.75) is 12.5 Å². The number of guanidine groups is 1. The second-order valence-corrected chi connectivity index (χ2v) is 5.43. The molecule has 0 aliphatic carbocycles. The summed E-state index contributed by atoms with van der Waals surface area (Å²) in [5.41, 5.74) is 1.25. The van der Waals surface area contributed by atoms with Crippen LogP contribution in [0.3, 0.4) is 0 Å². The molecule has 2 aromatic rings. The fraction of sp³-hybridized carbons (Fsp3) is 0.125. The molecule has 116 valence electrons. The molecule has 1 aliphatic rings. The number of amides is 2. The summed E-state index contributed by atoms with van der Waals surface area (Å²) in [6, 6.07) is 10.0. The first kappa shape index (κ1) is 15.2.